The average Bonchev–Trinajstić information content (AvgIpc) is 2.94. The van der Waals surface area contributed by atoms with E-state index in [2.05, 4.69) is 10.3 Å². The van der Waals surface area contributed by atoms with Crippen LogP contribution in [0.4, 0.5) is 5.69 Å². The molecule has 1 aromatic carbocycles. The molecule has 20 heavy (non-hydrogen) atoms. The zero-order valence-corrected chi connectivity index (χ0v) is 11.2. The van der Waals surface area contributed by atoms with Gasteiger partial charge in [-0.25, -0.2) is 4.98 Å². The Morgan fingerprint density at radius 1 is 1.50 bits per heavy atom. The highest BCUT2D eigenvalue weighted by molar-refractivity contribution is 5.96. The van der Waals surface area contributed by atoms with Crippen molar-refractivity contribution in [3.8, 4) is 0 Å². The van der Waals surface area contributed by atoms with E-state index in [4.69, 9.17) is 4.42 Å². The number of hydrogen-bond acceptors (Lipinski definition) is 4. The molecule has 1 N–H and O–H groups in total. The molecule has 0 saturated carbocycles. The van der Waals surface area contributed by atoms with Gasteiger partial charge in [-0.2, -0.15) is 0 Å². The predicted octanol–water partition coefficient (Wildman–Crippen LogP) is 1.70. The molecule has 0 radical (unpaired) electrons. The number of carbonyl (C=O) groups excluding carboxylic acids is 2. The molecule has 0 atom stereocenters. The van der Waals surface area contributed by atoms with E-state index >= 15 is 0 Å². The highest BCUT2D eigenvalue weighted by atomic mass is 16.3. The third kappa shape index (κ3) is 2.49. The van der Waals surface area contributed by atoms with Crippen LogP contribution < -0.4 is 5.32 Å². The Morgan fingerprint density at radius 2 is 2.35 bits per heavy atom. The van der Waals surface area contributed by atoms with Gasteiger partial charge in [0.05, 0.1) is 6.54 Å². The van der Waals surface area contributed by atoms with E-state index in [1.807, 2.05) is 0 Å². The number of oxazole rings is 1. The van der Waals surface area contributed by atoms with Crippen molar-refractivity contribution in [2.75, 3.05) is 18.4 Å². The number of carbonyl (C=O) groups is 2. The van der Waals surface area contributed by atoms with Crippen molar-refractivity contribution in [1.82, 2.24) is 9.88 Å². The molecule has 2 heterocycles. The summed E-state index contributed by atoms with van der Waals surface area (Å²) in [5.41, 5.74) is 2.05. The number of nitrogens with one attached hydrogen (secondary N) is 1. The third-order valence-electron chi connectivity index (χ3n) is 3.28. The molecule has 3 rings (SSSR count). The Kier molecular flexibility index (Phi) is 3.14. The van der Waals surface area contributed by atoms with Gasteiger partial charge in [0.2, 0.25) is 11.8 Å². The summed E-state index contributed by atoms with van der Waals surface area (Å²) in [4.78, 5) is 29.2. The summed E-state index contributed by atoms with van der Waals surface area (Å²) in [7, 11) is 0. The van der Waals surface area contributed by atoms with Gasteiger partial charge in [0.25, 0.3) is 0 Å². The number of rotatable bonds is 3. The van der Waals surface area contributed by atoms with Crippen LogP contribution >= 0.6 is 0 Å². The lowest BCUT2D eigenvalue weighted by Gasteiger charge is -2.14. The molecule has 104 valence electrons. The van der Waals surface area contributed by atoms with E-state index in [-0.39, 0.29) is 18.4 Å². The van der Waals surface area contributed by atoms with Crippen LogP contribution in [0.3, 0.4) is 0 Å². The van der Waals surface area contributed by atoms with Gasteiger partial charge in [-0.05, 0) is 24.6 Å². The van der Waals surface area contributed by atoms with Gasteiger partial charge in [0, 0.05) is 25.6 Å². The second-order valence-electron chi connectivity index (χ2n) is 4.88. The monoisotopic (exact) mass is 273 g/mol. The first-order chi connectivity index (χ1) is 9.61. The van der Waals surface area contributed by atoms with E-state index in [9.17, 15) is 9.59 Å². The smallest absolute Gasteiger partial charge is 0.243 e. The molecule has 0 spiro atoms. The van der Waals surface area contributed by atoms with Crippen molar-refractivity contribution in [2.24, 2.45) is 0 Å². The highest BCUT2D eigenvalue weighted by Crippen LogP contribution is 2.19. The Labute approximate surface area is 115 Å². The van der Waals surface area contributed by atoms with Crippen molar-refractivity contribution in [3.63, 3.8) is 0 Å². The van der Waals surface area contributed by atoms with Crippen molar-refractivity contribution in [3.05, 3.63) is 24.1 Å². The molecule has 0 unspecified atom stereocenters. The molecule has 6 heteroatoms. The maximum Gasteiger partial charge on any atom is 0.243 e. The number of fused-ring (bicyclic) bond motifs is 1. The van der Waals surface area contributed by atoms with Crippen LogP contribution in [0.2, 0.25) is 0 Å². The minimum Gasteiger partial charge on any atom is -0.441 e. The topological polar surface area (TPSA) is 75.4 Å². The molecular formula is C14H15N3O3. The van der Waals surface area contributed by atoms with Crippen LogP contribution in [0.15, 0.2) is 22.6 Å². The molecule has 0 bridgehead atoms. The molecule has 1 aliphatic heterocycles. The predicted molar refractivity (Wildman–Crippen MR) is 73.2 cm³/mol. The Hall–Kier alpha value is -2.37. The number of benzene rings is 1. The van der Waals surface area contributed by atoms with Gasteiger partial charge in [-0.1, -0.05) is 0 Å². The largest absolute Gasteiger partial charge is 0.441 e. The van der Waals surface area contributed by atoms with Crippen molar-refractivity contribution in [2.45, 2.75) is 19.8 Å². The minimum atomic E-state index is -0.195. The zero-order chi connectivity index (χ0) is 14.1. The van der Waals surface area contributed by atoms with Gasteiger partial charge in [-0.15, -0.1) is 0 Å². The number of likely N-dealkylation sites (tertiary alicyclic amines) is 1. The lowest BCUT2D eigenvalue weighted by Crippen LogP contribution is -2.33. The van der Waals surface area contributed by atoms with Gasteiger partial charge in [-0.3, -0.25) is 9.59 Å². The number of anilines is 1. The lowest BCUT2D eigenvalue weighted by molar-refractivity contribution is -0.131. The Morgan fingerprint density at radius 3 is 3.10 bits per heavy atom. The summed E-state index contributed by atoms with van der Waals surface area (Å²) in [6.07, 6.45) is 1.37. The number of nitrogens with zero attached hydrogens (tertiary/aromatic N) is 2. The minimum absolute atomic E-state index is 0.0442. The standard InChI is InChI=1S/C14H15N3O3/c1-9-15-11-7-10(4-5-12(11)20-9)16-13(18)8-17-6-2-3-14(17)19/h4-5,7H,2-3,6,8H2,1H3,(H,16,18). The number of amides is 2. The van der Waals surface area contributed by atoms with E-state index in [0.717, 1.165) is 6.42 Å². The second kappa shape index (κ2) is 4.96. The van der Waals surface area contributed by atoms with Gasteiger partial charge < -0.3 is 14.6 Å². The maximum absolute atomic E-state index is 11.9. The molecule has 2 amide bonds. The molecular weight excluding hydrogens is 258 g/mol. The van der Waals surface area contributed by atoms with Crippen molar-refractivity contribution in [1.29, 1.82) is 0 Å². The summed E-state index contributed by atoms with van der Waals surface area (Å²) in [5.74, 6) is 0.439. The van der Waals surface area contributed by atoms with Gasteiger partial charge in [0.1, 0.15) is 5.52 Å². The van der Waals surface area contributed by atoms with E-state index in [1.54, 1.807) is 30.0 Å². The summed E-state index contributed by atoms with van der Waals surface area (Å²) < 4.78 is 5.37. The highest BCUT2D eigenvalue weighted by Gasteiger charge is 2.22. The first-order valence-electron chi connectivity index (χ1n) is 6.56. The third-order valence-corrected chi connectivity index (χ3v) is 3.28. The van der Waals surface area contributed by atoms with Gasteiger partial charge >= 0.3 is 0 Å². The van der Waals surface area contributed by atoms with E-state index in [0.29, 0.717) is 35.6 Å². The molecule has 2 aromatic rings. The molecule has 1 saturated heterocycles. The van der Waals surface area contributed by atoms with Crippen LogP contribution in [-0.2, 0) is 9.59 Å². The average molecular weight is 273 g/mol. The fourth-order valence-corrected chi connectivity index (χ4v) is 2.37. The maximum atomic E-state index is 11.9. The fraction of sp³-hybridized carbons (Fsp3) is 0.357. The summed E-state index contributed by atoms with van der Waals surface area (Å²) >= 11 is 0. The first-order valence-corrected chi connectivity index (χ1v) is 6.56. The van der Waals surface area contributed by atoms with Crippen molar-refractivity contribution < 1.29 is 14.0 Å². The number of aromatic nitrogens is 1. The molecule has 6 nitrogen and oxygen atoms in total. The molecule has 1 aromatic heterocycles. The van der Waals surface area contributed by atoms with Crippen molar-refractivity contribution >= 4 is 28.6 Å². The van der Waals surface area contributed by atoms with Crippen LogP contribution in [0.5, 0.6) is 0 Å². The molecule has 1 aliphatic rings. The Bertz CT molecular complexity index is 677. The summed E-state index contributed by atoms with van der Waals surface area (Å²) in [6.45, 7) is 2.54. The SMILES string of the molecule is Cc1nc2cc(NC(=O)CN3CCCC3=O)ccc2o1. The van der Waals surface area contributed by atoms with Crippen LogP contribution in [0, 0.1) is 6.92 Å². The van der Waals surface area contributed by atoms with Gasteiger partial charge in [0.15, 0.2) is 11.5 Å². The van der Waals surface area contributed by atoms with E-state index < -0.39 is 0 Å². The van der Waals surface area contributed by atoms with Crippen LogP contribution in [-0.4, -0.2) is 34.8 Å². The number of aryl methyl sites for hydroxylation is 1. The summed E-state index contributed by atoms with van der Waals surface area (Å²) in [6, 6.07) is 5.29. The zero-order valence-electron chi connectivity index (χ0n) is 11.2. The number of hydrogen-bond donors (Lipinski definition) is 1. The fourth-order valence-electron chi connectivity index (χ4n) is 2.37. The first kappa shape index (κ1) is 12.7. The lowest BCUT2D eigenvalue weighted by atomic mass is 10.3. The molecule has 1 fully saturated rings. The second-order valence-corrected chi connectivity index (χ2v) is 4.88. The molecule has 0 aliphatic carbocycles. The normalized spacial score (nSPS) is 15.1. The van der Waals surface area contributed by atoms with E-state index in [1.165, 1.54) is 0 Å². The van der Waals surface area contributed by atoms with Crippen LogP contribution in [0.1, 0.15) is 18.7 Å². The quantitative estimate of drug-likeness (QED) is 0.923. The Balaban J connectivity index is 1.69. The summed E-state index contributed by atoms with van der Waals surface area (Å²) in [5, 5.41) is 2.78. The van der Waals surface area contributed by atoms with Crippen LogP contribution in [0.25, 0.3) is 11.1 Å².